The number of ether oxygens (including phenoxy) is 1. The molecule has 1 atom stereocenters. The van der Waals surface area contributed by atoms with Crippen molar-refractivity contribution in [3.05, 3.63) is 64.9 Å². The third kappa shape index (κ3) is 4.83. The number of aliphatic hydroxyl groups is 2. The molecule has 26 heavy (non-hydrogen) atoms. The lowest BCUT2D eigenvalue weighted by atomic mass is 10.2. The highest BCUT2D eigenvalue weighted by Gasteiger charge is 2.14. The largest absolute Gasteiger partial charge is 0.396 e. The summed E-state index contributed by atoms with van der Waals surface area (Å²) >= 11 is 5.87. The first kappa shape index (κ1) is 18.9. The molecule has 0 aliphatic heterocycles. The van der Waals surface area contributed by atoms with Crippen LogP contribution in [-0.2, 0) is 24.3 Å². The maximum atomic E-state index is 10.4. The number of imidazole rings is 1. The number of para-hydroxylation sites is 2. The molecule has 1 unspecified atom stereocenters. The summed E-state index contributed by atoms with van der Waals surface area (Å²) in [5.41, 5.74) is 2.89. The summed E-state index contributed by atoms with van der Waals surface area (Å²) in [5, 5.41) is 20.2. The summed E-state index contributed by atoms with van der Waals surface area (Å²) in [4.78, 5) is 4.63. The second-order valence-corrected chi connectivity index (χ2v) is 6.69. The Morgan fingerprint density at radius 3 is 2.65 bits per heavy atom. The van der Waals surface area contributed by atoms with Crippen molar-refractivity contribution in [1.29, 1.82) is 0 Å². The summed E-state index contributed by atoms with van der Waals surface area (Å²) in [6.45, 7) is 1.18. The molecule has 3 aromatic rings. The molecule has 0 saturated heterocycles. The third-order valence-corrected chi connectivity index (χ3v) is 4.43. The van der Waals surface area contributed by atoms with E-state index >= 15 is 0 Å². The minimum Gasteiger partial charge on any atom is -0.396 e. The third-order valence-electron chi connectivity index (χ3n) is 4.18. The molecule has 2 aromatic carbocycles. The van der Waals surface area contributed by atoms with Crippen LogP contribution >= 0.6 is 11.6 Å². The molecule has 1 heterocycles. The van der Waals surface area contributed by atoms with Crippen LogP contribution in [0.3, 0.4) is 0 Å². The predicted molar refractivity (Wildman–Crippen MR) is 102 cm³/mol. The first-order valence-corrected chi connectivity index (χ1v) is 9.10. The fraction of sp³-hybridized carbons (Fsp3) is 0.350. The van der Waals surface area contributed by atoms with Gasteiger partial charge in [-0.25, -0.2) is 4.98 Å². The highest BCUT2D eigenvalue weighted by Crippen LogP contribution is 2.18. The molecular formula is C20H23ClN2O3. The fourth-order valence-electron chi connectivity index (χ4n) is 2.91. The smallest absolute Gasteiger partial charge is 0.110 e. The Bertz CT molecular complexity index is 833. The normalized spacial score (nSPS) is 12.6. The molecule has 0 bridgehead atoms. The SMILES string of the molecule is OCCCc1nc2ccccc2n1CC(O)COCc1ccc(Cl)cc1. The minimum atomic E-state index is -0.646. The highest BCUT2D eigenvalue weighted by atomic mass is 35.5. The van der Waals surface area contributed by atoms with Crippen LogP contribution in [0.1, 0.15) is 17.8 Å². The summed E-state index contributed by atoms with van der Waals surface area (Å²) in [6.07, 6.45) is 0.670. The van der Waals surface area contributed by atoms with Crippen LogP contribution in [0.5, 0.6) is 0 Å². The number of fused-ring (bicyclic) bond motifs is 1. The molecule has 0 radical (unpaired) electrons. The molecule has 0 spiro atoms. The Labute approximate surface area is 157 Å². The Hall–Kier alpha value is -1.92. The zero-order chi connectivity index (χ0) is 18.4. The standard InChI is InChI=1S/C20H23ClN2O3/c21-16-9-7-15(8-10-16)13-26-14-17(25)12-23-19-5-2-1-4-18(19)22-20(23)6-3-11-24/h1-2,4-5,7-10,17,24-25H,3,6,11-14H2. The maximum absolute atomic E-state index is 10.4. The van der Waals surface area contributed by atoms with E-state index in [0.717, 1.165) is 22.4 Å². The van der Waals surface area contributed by atoms with Crippen molar-refractivity contribution >= 4 is 22.6 Å². The summed E-state index contributed by atoms with van der Waals surface area (Å²) in [5.74, 6) is 0.872. The average Bonchev–Trinajstić information content (AvgIpc) is 2.99. The zero-order valence-corrected chi connectivity index (χ0v) is 15.3. The van der Waals surface area contributed by atoms with E-state index in [9.17, 15) is 5.11 Å². The minimum absolute atomic E-state index is 0.121. The van der Waals surface area contributed by atoms with Crippen LogP contribution in [0.4, 0.5) is 0 Å². The fourth-order valence-corrected chi connectivity index (χ4v) is 3.04. The number of rotatable bonds is 9. The molecule has 2 N–H and O–H groups in total. The van der Waals surface area contributed by atoms with E-state index in [2.05, 4.69) is 4.98 Å². The van der Waals surface area contributed by atoms with Crippen molar-refractivity contribution in [2.24, 2.45) is 0 Å². The van der Waals surface area contributed by atoms with Crippen LogP contribution in [-0.4, -0.2) is 39.1 Å². The molecular weight excluding hydrogens is 352 g/mol. The van der Waals surface area contributed by atoms with Gasteiger partial charge in [0.15, 0.2) is 0 Å². The van der Waals surface area contributed by atoms with E-state index in [1.54, 1.807) is 0 Å². The number of hydrogen-bond acceptors (Lipinski definition) is 4. The Balaban J connectivity index is 1.62. The van der Waals surface area contributed by atoms with Gasteiger partial charge in [0.25, 0.3) is 0 Å². The van der Waals surface area contributed by atoms with Gasteiger partial charge in [-0.05, 0) is 36.2 Å². The van der Waals surface area contributed by atoms with E-state index in [-0.39, 0.29) is 13.2 Å². The second kappa shape index (κ2) is 9.14. The number of aromatic nitrogens is 2. The molecule has 0 aliphatic carbocycles. The number of aryl methyl sites for hydroxylation is 1. The van der Waals surface area contributed by atoms with Crippen molar-refractivity contribution in [2.45, 2.75) is 32.1 Å². The van der Waals surface area contributed by atoms with E-state index in [1.165, 1.54) is 0 Å². The van der Waals surface area contributed by atoms with Crippen molar-refractivity contribution in [3.8, 4) is 0 Å². The van der Waals surface area contributed by atoms with Crippen LogP contribution in [0.15, 0.2) is 48.5 Å². The van der Waals surface area contributed by atoms with Crippen molar-refractivity contribution in [2.75, 3.05) is 13.2 Å². The van der Waals surface area contributed by atoms with Gasteiger partial charge in [-0.3, -0.25) is 0 Å². The average molecular weight is 375 g/mol. The van der Waals surface area contributed by atoms with E-state index in [4.69, 9.17) is 21.4 Å². The Kier molecular flexibility index (Phi) is 6.63. The van der Waals surface area contributed by atoms with Crippen molar-refractivity contribution in [3.63, 3.8) is 0 Å². The molecule has 138 valence electrons. The van der Waals surface area contributed by atoms with Crippen molar-refractivity contribution in [1.82, 2.24) is 9.55 Å². The molecule has 0 amide bonds. The van der Waals surface area contributed by atoms with Gasteiger partial charge in [0.2, 0.25) is 0 Å². The van der Waals surface area contributed by atoms with Gasteiger partial charge < -0.3 is 19.5 Å². The predicted octanol–water partition coefficient (Wildman–Crippen LogP) is 3.19. The molecule has 6 heteroatoms. The maximum Gasteiger partial charge on any atom is 0.110 e. The van der Waals surface area contributed by atoms with E-state index < -0.39 is 6.10 Å². The lowest BCUT2D eigenvalue weighted by molar-refractivity contribution is 0.0205. The topological polar surface area (TPSA) is 67.5 Å². The van der Waals surface area contributed by atoms with Gasteiger partial charge in [0.05, 0.1) is 36.9 Å². The lowest BCUT2D eigenvalue weighted by Crippen LogP contribution is -2.23. The molecule has 1 aromatic heterocycles. The molecule has 0 fully saturated rings. The van der Waals surface area contributed by atoms with E-state index in [0.29, 0.717) is 31.0 Å². The van der Waals surface area contributed by atoms with Gasteiger partial charge >= 0.3 is 0 Å². The zero-order valence-electron chi connectivity index (χ0n) is 14.5. The van der Waals surface area contributed by atoms with Gasteiger partial charge in [-0.1, -0.05) is 35.9 Å². The number of hydrogen-bond donors (Lipinski definition) is 2. The number of halogens is 1. The van der Waals surface area contributed by atoms with Gasteiger partial charge in [0.1, 0.15) is 5.82 Å². The lowest BCUT2D eigenvalue weighted by Gasteiger charge is -2.15. The highest BCUT2D eigenvalue weighted by molar-refractivity contribution is 6.30. The Morgan fingerprint density at radius 1 is 1.12 bits per heavy atom. The summed E-state index contributed by atoms with van der Waals surface area (Å²) < 4.78 is 7.65. The molecule has 0 aliphatic rings. The van der Waals surface area contributed by atoms with Crippen molar-refractivity contribution < 1.29 is 14.9 Å². The van der Waals surface area contributed by atoms with Gasteiger partial charge in [0, 0.05) is 18.1 Å². The van der Waals surface area contributed by atoms with Crippen LogP contribution in [0.25, 0.3) is 11.0 Å². The first-order chi connectivity index (χ1) is 12.7. The quantitative estimate of drug-likeness (QED) is 0.603. The molecule has 5 nitrogen and oxygen atoms in total. The van der Waals surface area contributed by atoms with E-state index in [1.807, 2.05) is 53.1 Å². The second-order valence-electron chi connectivity index (χ2n) is 6.25. The van der Waals surface area contributed by atoms with Crippen LogP contribution < -0.4 is 0 Å². The number of benzene rings is 2. The van der Waals surface area contributed by atoms with Gasteiger partial charge in [-0.2, -0.15) is 0 Å². The monoisotopic (exact) mass is 374 g/mol. The molecule has 3 rings (SSSR count). The molecule has 0 saturated carbocycles. The first-order valence-electron chi connectivity index (χ1n) is 8.72. The number of nitrogens with zero attached hydrogens (tertiary/aromatic N) is 2. The Morgan fingerprint density at radius 2 is 1.88 bits per heavy atom. The summed E-state index contributed by atoms with van der Waals surface area (Å²) in [7, 11) is 0. The van der Waals surface area contributed by atoms with Crippen LogP contribution in [0, 0.1) is 0 Å². The number of aliphatic hydroxyl groups excluding tert-OH is 2. The van der Waals surface area contributed by atoms with Crippen LogP contribution in [0.2, 0.25) is 5.02 Å². The summed E-state index contributed by atoms with van der Waals surface area (Å²) in [6, 6.07) is 15.3. The van der Waals surface area contributed by atoms with Gasteiger partial charge in [-0.15, -0.1) is 0 Å².